The molecule has 0 spiro atoms. The molecule has 2 aromatic rings. The number of esters is 1. The fraction of sp³-hybridized carbons (Fsp3) is 0.579. The molecule has 0 saturated carbocycles. The van der Waals surface area contributed by atoms with E-state index in [0.29, 0.717) is 43.1 Å². The van der Waals surface area contributed by atoms with Crippen LogP contribution in [0.3, 0.4) is 0 Å². The van der Waals surface area contributed by atoms with E-state index in [1.54, 1.807) is 11.0 Å². The molecule has 4 aliphatic heterocycles. The molecule has 0 bridgehead atoms. The maximum Gasteiger partial charge on any atom is 0.409 e. The lowest BCUT2D eigenvalue weighted by molar-refractivity contribution is -0.142. The second kappa shape index (κ2) is 18.7. The van der Waals surface area contributed by atoms with Gasteiger partial charge in [-0.25, -0.2) is 9.59 Å². The fourth-order valence-electron chi connectivity index (χ4n) is 7.64. The van der Waals surface area contributed by atoms with Gasteiger partial charge in [0.15, 0.2) is 0 Å². The molecule has 0 aromatic heterocycles. The number of benzene rings is 2. The molecule has 4 heterocycles. The minimum atomic E-state index is -0.286. The molecule has 52 heavy (non-hydrogen) atoms. The number of ether oxygens (including phenoxy) is 2. The normalized spacial score (nSPS) is 19.8. The van der Waals surface area contributed by atoms with E-state index in [9.17, 15) is 24.3 Å². The second-order valence-electron chi connectivity index (χ2n) is 14.1. The van der Waals surface area contributed by atoms with Gasteiger partial charge < -0.3 is 34.6 Å². The first-order valence-electron chi connectivity index (χ1n) is 18.3. The minimum absolute atomic E-state index is 0.0403. The zero-order valence-electron chi connectivity index (χ0n) is 30.6. The quantitative estimate of drug-likeness (QED) is 0.392. The average molecular weight is 786 g/mol. The van der Waals surface area contributed by atoms with E-state index in [-0.39, 0.29) is 41.7 Å². The molecule has 0 aliphatic carbocycles. The number of methoxy groups -OCH3 is 2. The molecule has 2 N–H and O–H groups in total. The molecule has 2 aromatic carbocycles. The number of halogens is 1. The van der Waals surface area contributed by atoms with Gasteiger partial charge in [0, 0.05) is 82.6 Å². The predicted molar refractivity (Wildman–Crippen MR) is 201 cm³/mol. The number of fused-ring (bicyclic) bond motifs is 1. The Bertz CT molecular complexity index is 1540. The third-order valence-electron chi connectivity index (χ3n) is 10.7. The standard InChI is InChI=1S/C22H32BrN3O4.C16H21N3O3/c1-16(13-17-3-4-20(27)19(23)14-17)22(29)26-7-5-18(6-8-26)25-11-9-24(10-12-25)15-21(28)30-2;1-22-16(21)18-9-7-13(8-10-18)19-11-6-12-4-2-3-5-14(12)17-15(19)20/h3-4,14,16,18,27H,5-13,15H2,1-2H3;2-5,13H,6-11H2,1H3,(H,17,20)/t16-;/m1./s1. The topological polar surface area (TPSA) is 135 Å². The number of likely N-dealkylation sites (tertiary alicyclic amines) is 2. The predicted octanol–water partition coefficient (Wildman–Crippen LogP) is 4.42. The Morgan fingerprint density at radius 3 is 2.17 bits per heavy atom. The number of rotatable bonds is 7. The van der Waals surface area contributed by atoms with Crippen LogP contribution in [0.4, 0.5) is 15.3 Å². The number of nitrogens with zero attached hydrogens (tertiary/aromatic N) is 5. The lowest BCUT2D eigenvalue weighted by atomic mass is 9.97. The molecule has 0 radical (unpaired) electrons. The van der Waals surface area contributed by atoms with Gasteiger partial charge in [-0.15, -0.1) is 0 Å². The van der Waals surface area contributed by atoms with E-state index in [2.05, 4.69) is 37.1 Å². The van der Waals surface area contributed by atoms with Crippen LogP contribution in [-0.2, 0) is 31.9 Å². The van der Waals surface area contributed by atoms with Crippen molar-refractivity contribution in [2.45, 2.75) is 57.5 Å². The summed E-state index contributed by atoms with van der Waals surface area (Å²) < 4.78 is 10.2. The van der Waals surface area contributed by atoms with Crippen LogP contribution >= 0.6 is 15.9 Å². The number of urea groups is 1. The van der Waals surface area contributed by atoms with Gasteiger partial charge in [-0.05, 0) is 83.8 Å². The number of phenols is 1. The number of nitrogens with one attached hydrogen (secondary N) is 1. The zero-order valence-corrected chi connectivity index (χ0v) is 32.2. The smallest absolute Gasteiger partial charge is 0.409 e. The number of carbonyl (C=O) groups excluding carboxylic acids is 4. The van der Waals surface area contributed by atoms with Crippen molar-refractivity contribution in [3.05, 3.63) is 58.1 Å². The molecule has 4 aliphatic rings. The Balaban J connectivity index is 0.000000210. The van der Waals surface area contributed by atoms with Gasteiger partial charge in [0.1, 0.15) is 5.75 Å². The van der Waals surface area contributed by atoms with Crippen molar-refractivity contribution < 1.29 is 33.8 Å². The van der Waals surface area contributed by atoms with E-state index in [1.165, 1.54) is 19.8 Å². The molecule has 1 atom stereocenters. The zero-order chi connectivity index (χ0) is 37.2. The number of piperazine rings is 1. The number of hydrogen-bond donors (Lipinski definition) is 2. The summed E-state index contributed by atoms with van der Waals surface area (Å²) >= 11 is 3.34. The number of anilines is 1. The van der Waals surface area contributed by atoms with Crippen LogP contribution in [0.25, 0.3) is 0 Å². The van der Waals surface area contributed by atoms with Crippen LogP contribution in [0.5, 0.6) is 5.75 Å². The van der Waals surface area contributed by atoms with Crippen LogP contribution in [-0.4, -0.2) is 145 Å². The van der Waals surface area contributed by atoms with Crippen LogP contribution < -0.4 is 5.32 Å². The maximum atomic E-state index is 12.9. The molecule has 3 saturated heterocycles. The average Bonchev–Trinajstić information content (AvgIpc) is 3.34. The molecule has 6 rings (SSSR count). The Morgan fingerprint density at radius 1 is 0.865 bits per heavy atom. The minimum Gasteiger partial charge on any atom is -0.507 e. The number of aromatic hydroxyl groups is 1. The maximum absolute atomic E-state index is 12.9. The SMILES string of the molecule is COC(=O)CN1CCN(C2CCN(C(=O)[C@H](C)Cc3ccc(O)c(Br)c3)CC2)CC1.COC(=O)N1CCC(N2CCc3ccccc3NC2=O)CC1. The van der Waals surface area contributed by atoms with Crippen molar-refractivity contribution in [2.24, 2.45) is 5.92 Å². The third-order valence-corrected chi connectivity index (χ3v) is 11.4. The van der Waals surface area contributed by atoms with E-state index >= 15 is 0 Å². The van der Waals surface area contributed by atoms with Gasteiger partial charge in [0.05, 0.1) is 25.2 Å². The molecule has 3 fully saturated rings. The van der Waals surface area contributed by atoms with Gasteiger partial charge in [0.2, 0.25) is 5.91 Å². The number of para-hydroxylation sites is 1. The van der Waals surface area contributed by atoms with Gasteiger partial charge in [-0.3, -0.25) is 19.4 Å². The van der Waals surface area contributed by atoms with E-state index in [4.69, 9.17) is 9.47 Å². The molecule has 14 heteroatoms. The molecule has 284 valence electrons. The fourth-order valence-corrected chi connectivity index (χ4v) is 8.07. The highest BCUT2D eigenvalue weighted by atomic mass is 79.9. The first kappa shape index (κ1) is 39.3. The van der Waals surface area contributed by atoms with Crippen LogP contribution in [0.2, 0.25) is 0 Å². The summed E-state index contributed by atoms with van der Waals surface area (Å²) in [5, 5.41) is 12.6. The number of hydrogen-bond acceptors (Lipinski definition) is 9. The Kier molecular flexibility index (Phi) is 14.2. The summed E-state index contributed by atoms with van der Waals surface area (Å²) in [5.41, 5.74) is 3.12. The number of phenolic OH excluding ortho intramolecular Hbond substituents is 1. The van der Waals surface area contributed by atoms with Crippen molar-refractivity contribution in [1.29, 1.82) is 0 Å². The molecule has 0 unspecified atom stereocenters. The molecular formula is C38H53BrN6O7. The van der Waals surface area contributed by atoms with Crippen molar-refractivity contribution in [3.63, 3.8) is 0 Å². The number of piperidine rings is 2. The van der Waals surface area contributed by atoms with E-state index in [0.717, 1.165) is 82.6 Å². The van der Waals surface area contributed by atoms with Crippen molar-refractivity contribution in [3.8, 4) is 5.75 Å². The Labute approximate surface area is 315 Å². The first-order valence-corrected chi connectivity index (χ1v) is 19.1. The summed E-state index contributed by atoms with van der Waals surface area (Å²) in [4.78, 5) is 58.6. The van der Waals surface area contributed by atoms with Crippen molar-refractivity contribution in [2.75, 3.05) is 85.0 Å². The monoisotopic (exact) mass is 784 g/mol. The van der Waals surface area contributed by atoms with E-state index in [1.807, 2.05) is 47.1 Å². The highest BCUT2D eigenvalue weighted by Crippen LogP contribution is 2.27. The summed E-state index contributed by atoms with van der Waals surface area (Å²) in [5.74, 6) is 0.162. The van der Waals surface area contributed by atoms with Gasteiger partial charge >= 0.3 is 18.1 Å². The molecule has 13 nitrogen and oxygen atoms in total. The van der Waals surface area contributed by atoms with Gasteiger partial charge in [-0.1, -0.05) is 31.2 Å². The van der Waals surface area contributed by atoms with Crippen LogP contribution in [0, 0.1) is 5.92 Å². The summed E-state index contributed by atoms with van der Waals surface area (Å²) in [7, 11) is 2.83. The van der Waals surface area contributed by atoms with Gasteiger partial charge in [-0.2, -0.15) is 0 Å². The summed E-state index contributed by atoms with van der Waals surface area (Å²) in [6, 6.07) is 14.0. The number of carbonyl (C=O) groups is 4. The third kappa shape index (κ3) is 10.4. The summed E-state index contributed by atoms with van der Waals surface area (Å²) in [6.07, 6.45) is 4.82. The van der Waals surface area contributed by atoms with Crippen molar-refractivity contribution in [1.82, 2.24) is 24.5 Å². The van der Waals surface area contributed by atoms with Crippen LogP contribution in [0.15, 0.2) is 46.9 Å². The van der Waals surface area contributed by atoms with E-state index < -0.39 is 0 Å². The van der Waals surface area contributed by atoms with Crippen molar-refractivity contribution >= 4 is 45.6 Å². The molecule has 4 amide bonds. The first-order chi connectivity index (χ1) is 25.1. The van der Waals surface area contributed by atoms with Crippen LogP contribution in [0.1, 0.15) is 43.7 Å². The highest BCUT2D eigenvalue weighted by Gasteiger charge is 2.33. The lowest BCUT2D eigenvalue weighted by Gasteiger charge is -2.43. The Morgan fingerprint density at radius 2 is 1.52 bits per heavy atom. The molecular weight excluding hydrogens is 732 g/mol. The Hall–Kier alpha value is -3.88. The van der Waals surface area contributed by atoms with Gasteiger partial charge in [0.25, 0.3) is 0 Å². The highest BCUT2D eigenvalue weighted by molar-refractivity contribution is 9.10. The lowest BCUT2D eigenvalue weighted by Crippen LogP contribution is -2.54. The second-order valence-corrected chi connectivity index (χ2v) is 14.9. The summed E-state index contributed by atoms with van der Waals surface area (Å²) in [6.45, 7) is 9.62. The largest absolute Gasteiger partial charge is 0.507 e. The number of amides is 4.